The third-order valence-electron chi connectivity index (χ3n) is 7.06. The smallest absolute Gasteiger partial charge is 0.368 e. The summed E-state index contributed by atoms with van der Waals surface area (Å²) in [6.45, 7) is 5.15. The van der Waals surface area contributed by atoms with E-state index in [4.69, 9.17) is 5.73 Å². The molecule has 2 aromatic heterocycles. The third kappa shape index (κ3) is 5.98. The first-order valence-electron chi connectivity index (χ1n) is 12.8. The Morgan fingerprint density at radius 1 is 1.02 bits per heavy atom. The number of ketones is 1. The molecular formula is C29H28F3N7O. The van der Waals surface area contributed by atoms with Crippen molar-refractivity contribution in [3.8, 4) is 11.8 Å². The maximum absolute atomic E-state index is 14.0. The maximum Gasteiger partial charge on any atom is 0.416 e. The third-order valence-corrected chi connectivity index (χ3v) is 7.06. The zero-order chi connectivity index (χ0) is 28.4. The van der Waals surface area contributed by atoms with Crippen molar-refractivity contribution in [3.05, 3.63) is 87.9 Å². The van der Waals surface area contributed by atoms with Crippen molar-refractivity contribution in [1.29, 1.82) is 0 Å². The molecule has 0 bridgehead atoms. The molecule has 5 rings (SSSR count). The van der Waals surface area contributed by atoms with Crippen LogP contribution in [0.15, 0.2) is 48.9 Å². The van der Waals surface area contributed by atoms with Crippen molar-refractivity contribution < 1.29 is 18.0 Å². The number of anilines is 1. The van der Waals surface area contributed by atoms with Crippen molar-refractivity contribution in [1.82, 2.24) is 29.4 Å². The quantitative estimate of drug-likeness (QED) is 0.302. The van der Waals surface area contributed by atoms with E-state index >= 15 is 0 Å². The number of piperazine rings is 1. The molecule has 2 N–H and O–H groups in total. The number of hydrogen-bond acceptors (Lipinski definition) is 7. The average Bonchev–Trinajstić information content (AvgIpc) is 3.34. The number of benzene rings is 2. The van der Waals surface area contributed by atoms with Gasteiger partial charge in [0.05, 0.1) is 17.3 Å². The lowest BCUT2D eigenvalue weighted by atomic mass is 9.96. The Bertz CT molecular complexity index is 1630. The Morgan fingerprint density at radius 2 is 1.77 bits per heavy atom. The van der Waals surface area contributed by atoms with Gasteiger partial charge in [-0.3, -0.25) is 9.69 Å². The van der Waals surface area contributed by atoms with E-state index in [1.54, 1.807) is 24.3 Å². The van der Waals surface area contributed by atoms with E-state index in [1.165, 1.54) is 23.1 Å². The normalized spacial score (nSPS) is 14.7. The standard InChI is InChI=1S/C29H28F3N7O/c1-19-3-5-22(15-21(19)7-8-23-16-36-39-27(23)34-18-35-28(39)33)26(40)14-20-4-6-24(25(13-20)29(30,31)32)17-38-11-9-37(2)10-12-38/h3-6,13,15-16,18H,9-12,14,17H2,1-2H3,(H2,33,34,35). The van der Waals surface area contributed by atoms with Crippen LogP contribution in [0.4, 0.5) is 19.1 Å². The molecule has 2 aromatic carbocycles. The second-order valence-corrected chi connectivity index (χ2v) is 9.97. The number of likely N-dealkylation sites (N-methyl/N-ethyl adjacent to an activating group) is 1. The molecule has 0 saturated carbocycles. The molecule has 4 aromatic rings. The van der Waals surface area contributed by atoms with Gasteiger partial charge in [0, 0.05) is 50.3 Å². The molecule has 1 aliphatic rings. The van der Waals surface area contributed by atoms with Gasteiger partial charge in [-0.15, -0.1) is 0 Å². The molecule has 1 fully saturated rings. The van der Waals surface area contributed by atoms with Gasteiger partial charge in [0.1, 0.15) is 6.33 Å². The van der Waals surface area contributed by atoms with E-state index in [0.29, 0.717) is 41.0 Å². The second kappa shape index (κ2) is 11.1. The summed E-state index contributed by atoms with van der Waals surface area (Å²) >= 11 is 0. The summed E-state index contributed by atoms with van der Waals surface area (Å²) in [7, 11) is 2.00. The Balaban J connectivity index is 1.35. The predicted molar refractivity (Wildman–Crippen MR) is 145 cm³/mol. The van der Waals surface area contributed by atoms with E-state index in [1.807, 2.05) is 18.9 Å². The number of carbonyl (C=O) groups is 1. The molecule has 0 spiro atoms. The highest BCUT2D eigenvalue weighted by Gasteiger charge is 2.34. The van der Waals surface area contributed by atoms with Crippen LogP contribution < -0.4 is 5.73 Å². The Kier molecular flexibility index (Phi) is 7.56. The fraction of sp³-hybridized carbons (Fsp3) is 0.310. The Labute approximate surface area is 229 Å². The van der Waals surface area contributed by atoms with Crippen LogP contribution in [-0.2, 0) is 19.1 Å². The molecule has 0 atom stereocenters. The second-order valence-electron chi connectivity index (χ2n) is 9.97. The molecule has 40 heavy (non-hydrogen) atoms. The van der Waals surface area contributed by atoms with Gasteiger partial charge in [-0.25, -0.2) is 9.97 Å². The van der Waals surface area contributed by atoms with E-state index in [9.17, 15) is 18.0 Å². The number of nitrogens with two attached hydrogens (primary N) is 1. The van der Waals surface area contributed by atoms with Crippen LogP contribution >= 0.6 is 0 Å². The molecule has 1 aliphatic heterocycles. The first-order chi connectivity index (χ1) is 19.1. The summed E-state index contributed by atoms with van der Waals surface area (Å²) < 4.78 is 43.3. The van der Waals surface area contributed by atoms with E-state index < -0.39 is 11.7 Å². The molecule has 0 radical (unpaired) electrons. The maximum atomic E-state index is 14.0. The minimum Gasteiger partial charge on any atom is -0.368 e. The molecule has 8 nitrogen and oxygen atoms in total. The summed E-state index contributed by atoms with van der Waals surface area (Å²) in [5.41, 5.74) is 8.49. The molecule has 0 amide bonds. The van der Waals surface area contributed by atoms with Gasteiger partial charge in [-0.1, -0.05) is 36.1 Å². The molecule has 0 aliphatic carbocycles. The van der Waals surface area contributed by atoms with Crippen molar-refractivity contribution in [2.75, 3.05) is 39.0 Å². The number of Topliss-reactive ketones (excluding diaryl/α,β-unsaturated/α-hetero) is 1. The largest absolute Gasteiger partial charge is 0.416 e. The van der Waals surface area contributed by atoms with Gasteiger partial charge >= 0.3 is 6.18 Å². The van der Waals surface area contributed by atoms with E-state index in [-0.39, 0.29) is 30.3 Å². The average molecular weight is 548 g/mol. The molecule has 11 heteroatoms. The SMILES string of the molecule is Cc1ccc(C(=O)Cc2ccc(CN3CCN(C)CC3)c(C(F)(F)F)c2)cc1C#Cc1cnn2c(N)ncnc12. The molecule has 0 unspecified atom stereocenters. The highest BCUT2D eigenvalue weighted by atomic mass is 19.4. The summed E-state index contributed by atoms with van der Waals surface area (Å²) in [5.74, 6) is 5.95. The molecular weight excluding hydrogens is 519 g/mol. The van der Waals surface area contributed by atoms with Gasteiger partial charge in [0.25, 0.3) is 0 Å². The molecule has 206 valence electrons. The first-order valence-corrected chi connectivity index (χ1v) is 12.8. The minimum absolute atomic E-state index is 0.155. The number of rotatable bonds is 5. The number of hydrogen-bond donors (Lipinski definition) is 1. The van der Waals surface area contributed by atoms with Crippen LogP contribution in [0.1, 0.15) is 43.7 Å². The van der Waals surface area contributed by atoms with Crippen molar-refractivity contribution in [3.63, 3.8) is 0 Å². The molecule has 1 saturated heterocycles. The van der Waals surface area contributed by atoms with Crippen LogP contribution in [0, 0.1) is 18.8 Å². The summed E-state index contributed by atoms with van der Waals surface area (Å²) in [5, 5.41) is 4.14. The summed E-state index contributed by atoms with van der Waals surface area (Å²) in [4.78, 5) is 25.4. The van der Waals surface area contributed by atoms with E-state index in [0.717, 1.165) is 24.7 Å². The number of carbonyl (C=O) groups excluding carboxylic acids is 1. The number of aromatic nitrogens is 4. The van der Waals surface area contributed by atoms with Crippen molar-refractivity contribution in [2.24, 2.45) is 0 Å². The van der Waals surface area contributed by atoms with Gasteiger partial charge in [-0.2, -0.15) is 22.8 Å². The fourth-order valence-corrected chi connectivity index (χ4v) is 4.65. The zero-order valence-electron chi connectivity index (χ0n) is 22.2. The van der Waals surface area contributed by atoms with Crippen LogP contribution in [0.5, 0.6) is 0 Å². The lowest BCUT2D eigenvalue weighted by Crippen LogP contribution is -2.44. The Hall–Kier alpha value is -4.27. The number of fused-ring (bicyclic) bond motifs is 1. The van der Waals surface area contributed by atoms with Gasteiger partial charge in [0.2, 0.25) is 5.95 Å². The highest BCUT2D eigenvalue weighted by Crippen LogP contribution is 2.34. The lowest BCUT2D eigenvalue weighted by molar-refractivity contribution is -0.138. The van der Waals surface area contributed by atoms with Gasteiger partial charge in [-0.05, 0) is 42.8 Å². The van der Waals surface area contributed by atoms with Gasteiger partial charge in [0.15, 0.2) is 11.4 Å². The molecule has 3 heterocycles. The van der Waals surface area contributed by atoms with Crippen molar-refractivity contribution >= 4 is 17.4 Å². The zero-order valence-corrected chi connectivity index (χ0v) is 22.2. The Morgan fingerprint density at radius 3 is 2.52 bits per heavy atom. The van der Waals surface area contributed by atoms with Crippen LogP contribution in [0.25, 0.3) is 5.65 Å². The number of nitrogens with zero attached hydrogens (tertiary/aromatic N) is 6. The number of halogens is 3. The fourth-order valence-electron chi connectivity index (χ4n) is 4.65. The summed E-state index contributed by atoms with van der Waals surface area (Å²) in [6.07, 6.45) is -1.81. The topological polar surface area (TPSA) is 92.7 Å². The number of nitrogen functional groups attached to an aromatic ring is 1. The van der Waals surface area contributed by atoms with Crippen LogP contribution in [0.2, 0.25) is 0 Å². The highest BCUT2D eigenvalue weighted by molar-refractivity contribution is 5.98. The van der Waals surface area contributed by atoms with Crippen molar-refractivity contribution in [2.45, 2.75) is 26.1 Å². The minimum atomic E-state index is -4.51. The monoisotopic (exact) mass is 547 g/mol. The number of alkyl halides is 3. The van der Waals surface area contributed by atoms with Gasteiger partial charge < -0.3 is 10.6 Å². The number of aryl methyl sites for hydroxylation is 1. The first kappa shape index (κ1) is 27.3. The van der Waals surface area contributed by atoms with Crippen LogP contribution in [-0.4, -0.2) is 68.4 Å². The van der Waals surface area contributed by atoms with E-state index in [2.05, 4.69) is 31.8 Å². The lowest BCUT2D eigenvalue weighted by Gasteiger charge is -2.33. The summed E-state index contributed by atoms with van der Waals surface area (Å²) in [6, 6.07) is 9.32. The predicted octanol–water partition coefficient (Wildman–Crippen LogP) is 3.61. The van der Waals surface area contributed by atoms with Crippen LogP contribution in [0.3, 0.4) is 0 Å².